The van der Waals surface area contributed by atoms with Crippen molar-refractivity contribution >= 4 is 23.3 Å². The third kappa shape index (κ3) is 3.26. The fourth-order valence-corrected chi connectivity index (χ4v) is 1.87. The zero-order valence-corrected chi connectivity index (χ0v) is 10.6. The van der Waals surface area contributed by atoms with Crippen LogP contribution >= 0.6 is 11.5 Å². The molecule has 2 aromatic rings. The lowest BCUT2D eigenvalue weighted by Crippen LogP contribution is -2.22. The number of amides is 1. The van der Waals surface area contributed by atoms with Gasteiger partial charge in [-0.2, -0.15) is 0 Å². The molecule has 1 heterocycles. The number of carbonyl (C=O) groups excluding carboxylic acids is 1. The molecule has 0 aliphatic rings. The van der Waals surface area contributed by atoms with Crippen molar-refractivity contribution in [1.82, 2.24) is 14.9 Å². The summed E-state index contributed by atoms with van der Waals surface area (Å²) < 4.78 is 3.62. The maximum absolute atomic E-state index is 11.7. The number of nitrogens with one attached hydrogen (secondary N) is 1. The summed E-state index contributed by atoms with van der Waals surface area (Å²) in [5, 5.41) is 17.9. The van der Waals surface area contributed by atoms with Gasteiger partial charge in [0, 0.05) is 12.1 Å². The van der Waals surface area contributed by atoms with Crippen LogP contribution in [0, 0.1) is 0 Å². The van der Waals surface area contributed by atoms with E-state index in [0.29, 0.717) is 17.0 Å². The number of carbonyl (C=O) groups is 1. The second-order valence-corrected chi connectivity index (χ2v) is 4.44. The maximum atomic E-state index is 11.7. The third-order valence-corrected chi connectivity index (χ3v) is 3.03. The Morgan fingerprint density at radius 2 is 2.37 bits per heavy atom. The summed E-state index contributed by atoms with van der Waals surface area (Å²) in [6.45, 7) is 0.337. The smallest absolute Gasteiger partial charge is 0.264 e. The Bertz CT molecular complexity index is 597. The Morgan fingerprint density at radius 3 is 3.05 bits per heavy atom. The van der Waals surface area contributed by atoms with Gasteiger partial charge in [0.1, 0.15) is 4.88 Å². The molecule has 19 heavy (non-hydrogen) atoms. The largest absolute Gasteiger partial charge is 0.409 e. The number of benzene rings is 1. The first-order chi connectivity index (χ1) is 9.20. The molecule has 0 aliphatic carbocycles. The highest BCUT2D eigenvalue weighted by Gasteiger charge is 2.08. The van der Waals surface area contributed by atoms with Crippen LogP contribution in [0.3, 0.4) is 0 Å². The van der Waals surface area contributed by atoms with Crippen LogP contribution in [0.1, 0.15) is 20.8 Å². The van der Waals surface area contributed by atoms with Crippen LogP contribution in [0.5, 0.6) is 0 Å². The van der Waals surface area contributed by atoms with Crippen LogP contribution < -0.4 is 11.1 Å². The van der Waals surface area contributed by atoms with Crippen molar-refractivity contribution in [3.8, 4) is 0 Å². The fourth-order valence-electron chi connectivity index (χ4n) is 1.44. The van der Waals surface area contributed by atoms with Gasteiger partial charge in [0.2, 0.25) is 0 Å². The Morgan fingerprint density at radius 1 is 1.53 bits per heavy atom. The summed E-state index contributed by atoms with van der Waals surface area (Å²) in [7, 11) is 0. The summed E-state index contributed by atoms with van der Waals surface area (Å²) in [4.78, 5) is 12.1. The van der Waals surface area contributed by atoms with Crippen molar-refractivity contribution in [2.45, 2.75) is 6.54 Å². The number of amidine groups is 1. The summed E-state index contributed by atoms with van der Waals surface area (Å²) in [6.07, 6.45) is 1.41. The lowest BCUT2D eigenvalue weighted by molar-refractivity contribution is 0.0955. The van der Waals surface area contributed by atoms with Crippen molar-refractivity contribution in [3.63, 3.8) is 0 Å². The Balaban J connectivity index is 2.02. The zero-order chi connectivity index (χ0) is 13.7. The fraction of sp³-hybridized carbons (Fsp3) is 0.0909. The van der Waals surface area contributed by atoms with Crippen LogP contribution in [-0.2, 0) is 6.54 Å². The molecular formula is C11H11N5O2S. The van der Waals surface area contributed by atoms with Gasteiger partial charge in [-0.05, 0) is 23.2 Å². The van der Waals surface area contributed by atoms with Crippen LogP contribution in [0.25, 0.3) is 0 Å². The van der Waals surface area contributed by atoms with Gasteiger partial charge >= 0.3 is 0 Å². The van der Waals surface area contributed by atoms with Gasteiger partial charge in [-0.15, -0.1) is 5.10 Å². The van der Waals surface area contributed by atoms with E-state index in [2.05, 4.69) is 20.1 Å². The van der Waals surface area contributed by atoms with Gasteiger partial charge in [-0.25, -0.2) is 0 Å². The van der Waals surface area contributed by atoms with E-state index < -0.39 is 0 Å². The van der Waals surface area contributed by atoms with Crippen LogP contribution in [0.15, 0.2) is 35.6 Å². The van der Waals surface area contributed by atoms with Gasteiger partial charge in [0.25, 0.3) is 5.91 Å². The average Bonchev–Trinajstić information content (AvgIpc) is 2.98. The molecule has 0 bridgehead atoms. The number of nitrogens with two attached hydrogens (primary N) is 1. The molecule has 1 amide bonds. The van der Waals surface area contributed by atoms with Crippen molar-refractivity contribution in [1.29, 1.82) is 0 Å². The molecule has 7 nitrogen and oxygen atoms in total. The van der Waals surface area contributed by atoms with Crippen LogP contribution in [0.4, 0.5) is 0 Å². The molecule has 98 valence electrons. The summed E-state index contributed by atoms with van der Waals surface area (Å²) in [5.41, 5.74) is 6.93. The summed E-state index contributed by atoms with van der Waals surface area (Å²) >= 11 is 1.03. The van der Waals surface area contributed by atoms with E-state index in [-0.39, 0.29) is 11.7 Å². The Kier molecular flexibility index (Phi) is 4.04. The Labute approximate surface area is 112 Å². The minimum absolute atomic E-state index is 0.0276. The molecule has 0 atom stereocenters. The first-order valence-electron chi connectivity index (χ1n) is 5.33. The molecule has 0 unspecified atom stereocenters. The topological polar surface area (TPSA) is 113 Å². The maximum Gasteiger partial charge on any atom is 0.264 e. The van der Waals surface area contributed by atoms with E-state index in [1.165, 1.54) is 6.20 Å². The number of hydrogen-bond acceptors (Lipinski definition) is 6. The second kappa shape index (κ2) is 5.91. The third-order valence-electron chi connectivity index (χ3n) is 2.37. The molecule has 0 radical (unpaired) electrons. The number of oxime groups is 1. The molecule has 1 aromatic heterocycles. The molecule has 0 spiro atoms. The molecule has 8 heteroatoms. The number of nitrogens with zero attached hydrogens (tertiary/aromatic N) is 3. The second-order valence-electron chi connectivity index (χ2n) is 3.65. The van der Waals surface area contributed by atoms with E-state index in [1.54, 1.807) is 18.2 Å². The van der Waals surface area contributed by atoms with E-state index in [9.17, 15) is 4.79 Å². The van der Waals surface area contributed by atoms with Gasteiger partial charge < -0.3 is 16.3 Å². The highest BCUT2D eigenvalue weighted by atomic mass is 32.1. The molecular weight excluding hydrogens is 266 g/mol. The van der Waals surface area contributed by atoms with Gasteiger partial charge in [0.15, 0.2) is 5.84 Å². The van der Waals surface area contributed by atoms with Crippen molar-refractivity contribution < 1.29 is 10.0 Å². The molecule has 1 aromatic carbocycles. The van der Waals surface area contributed by atoms with E-state index in [0.717, 1.165) is 17.1 Å². The Hall–Kier alpha value is -2.48. The predicted molar refractivity (Wildman–Crippen MR) is 70.0 cm³/mol. The van der Waals surface area contributed by atoms with Crippen molar-refractivity contribution in [3.05, 3.63) is 46.5 Å². The molecule has 4 N–H and O–H groups in total. The standard InChI is InChI=1S/C11H11N5O2S/c12-10(15-18)8-3-1-2-7(4-8)5-13-11(17)9-6-14-16-19-9/h1-4,6,18H,5H2,(H2,12,15)(H,13,17). The normalized spacial score (nSPS) is 11.3. The highest BCUT2D eigenvalue weighted by molar-refractivity contribution is 7.07. The molecule has 0 saturated carbocycles. The predicted octanol–water partition coefficient (Wildman–Crippen LogP) is 0.563. The van der Waals surface area contributed by atoms with Crippen molar-refractivity contribution in [2.24, 2.45) is 10.9 Å². The average molecular weight is 277 g/mol. The van der Waals surface area contributed by atoms with Crippen LogP contribution in [0.2, 0.25) is 0 Å². The SMILES string of the molecule is NC(=NO)c1cccc(CNC(=O)c2cnns2)c1. The van der Waals surface area contributed by atoms with Gasteiger partial charge in [-0.1, -0.05) is 27.8 Å². The lowest BCUT2D eigenvalue weighted by atomic mass is 10.1. The monoisotopic (exact) mass is 277 g/mol. The van der Waals surface area contributed by atoms with Gasteiger partial charge in [0.05, 0.1) is 6.20 Å². The van der Waals surface area contributed by atoms with E-state index >= 15 is 0 Å². The first kappa shape index (κ1) is 13.0. The van der Waals surface area contributed by atoms with Crippen molar-refractivity contribution in [2.75, 3.05) is 0 Å². The quantitative estimate of drug-likeness (QED) is 0.327. The first-order valence-corrected chi connectivity index (χ1v) is 6.10. The minimum atomic E-state index is -0.232. The summed E-state index contributed by atoms with van der Waals surface area (Å²) in [5.74, 6) is -0.205. The van der Waals surface area contributed by atoms with Gasteiger partial charge in [-0.3, -0.25) is 4.79 Å². The molecule has 2 rings (SSSR count). The summed E-state index contributed by atoms with van der Waals surface area (Å²) in [6, 6.07) is 7.05. The molecule has 0 saturated heterocycles. The molecule has 0 fully saturated rings. The zero-order valence-electron chi connectivity index (χ0n) is 9.78. The minimum Gasteiger partial charge on any atom is -0.409 e. The van der Waals surface area contributed by atoms with Crippen LogP contribution in [-0.4, -0.2) is 26.5 Å². The number of hydrogen-bond donors (Lipinski definition) is 3. The van der Waals surface area contributed by atoms with E-state index in [1.807, 2.05) is 6.07 Å². The highest BCUT2D eigenvalue weighted by Crippen LogP contribution is 2.06. The number of aromatic nitrogens is 2. The van der Waals surface area contributed by atoms with E-state index in [4.69, 9.17) is 10.9 Å². The molecule has 0 aliphatic heterocycles. The lowest BCUT2D eigenvalue weighted by Gasteiger charge is -2.05. The number of rotatable bonds is 4.